The zero-order valence-electron chi connectivity index (χ0n) is 19.8. The molecule has 0 unspecified atom stereocenters. The van der Waals surface area contributed by atoms with E-state index in [0.717, 1.165) is 5.56 Å². The average molecular weight is 458 g/mol. The van der Waals surface area contributed by atoms with Gasteiger partial charge in [-0.05, 0) is 56.5 Å². The molecule has 2 aromatic carbocycles. The highest BCUT2D eigenvalue weighted by atomic mass is 19.1. The van der Waals surface area contributed by atoms with E-state index in [1.54, 1.807) is 49.3 Å². The summed E-state index contributed by atoms with van der Waals surface area (Å²) in [5, 5.41) is 5.84. The fourth-order valence-corrected chi connectivity index (χ4v) is 4.11. The molecule has 3 rings (SSSR count). The maximum Gasteiger partial charge on any atom is 0.317 e. The van der Waals surface area contributed by atoms with Gasteiger partial charge in [0.2, 0.25) is 5.91 Å². The smallest absolute Gasteiger partial charge is 0.317 e. The van der Waals surface area contributed by atoms with Crippen LogP contribution in [-0.4, -0.2) is 50.2 Å². The van der Waals surface area contributed by atoms with Crippen LogP contribution in [0, 0.1) is 18.7 Å². The third kappa shape index (κ3) is 5.94. The number of carbonyl (C=O) groups excluding carboxylic acids is 2. The minimum absolute atomic E-state index is 0.0232. The lowest BCUT2D eigenvalue weighted by molar-refractivity contribution is -0.121. The lowest BCUT2D eigenvalue weighted by Gasteiger charge is -2.38. The molecule has 0 bridgehead atoms. The van der Waals surface area contributed by atoms with Crippen molar-refractivity contribution in [2.75, 3.05) is 32.6 Å². The van der Waals surface area contributed by atoms with Gasteiger partial charge in [-0.2, -0.15) is 0 Å². The van der Waals surface area contributed by atoms with Gasteiger partial charge in [-0.15, -0.1) is 0 Å². The molecule has 1 heterocycles. The van der Waals surface area contributed by atoms with Gasteiger partial charge in [0.15, 0.2) is 11.5 Å². The minimum atomic E-state index is -0.430. The van der Waals surface area contributed by atoms with Crippen molar-refractivity contribution in [3.63, 3.8) is 0 Å². The van der Waals surface area contributed by atoms with Gasteiger partial charge in [-0.1, -0.05) is 12.1 Å². The summed E-state index contributed by atoms with van der Waals surface area (Å²) in [4.78, 5) is 27.7. The monoisotopic (exact) mass is 457 g/mol. The number of methoxy groups -OCH3 is 2. The van der Waals surface area contributed by atoms with Crippen molar-refractivity contribution in [3.8, 4) is 11.5 Å². The largest absolute Gasteiger partial charge is 0.493 e. The Morgan fingerprint density at radius 2 is 1.79 bits per heavy atom. The van der Waals surface area contributed by atoms with Crippen molar-refractivity contribution in [1.29, 1.82) is 0 Å². The number of nitrogens with one attached hydrogen (secondary N) is 2. The summed E-state index contributed by atoms with van der Waals surface area (Å²) in [5.41, 5.74) is 2.04. The molecule has 0 spiro atoms. The lowest BCUT2D eigenvalue weighted by atomic mass is 9.83. The third-order valence-electron chi connectivity index (χ3n) is 5.83. The lowest BCUT2D eigenvalue weighted by Crippen LogP contribution is -2.51. The molecule has 0 saturated carbocycles. The number of amides is 3. The minimum Gasteiger partial charge on any atom is -0.493 e. The zero-order valence-corrected chi connectivity index (χ0v) is 19.8. The van der Waals surface area contributed by atoms with E-state index >= 15 is 0 Å². The average Bonchev–Trinajstić information content (AvgIpc) is 2.79. The first-order valence-corrected chi connectivity index (χ1v) is 11.1. The number of hydrogen-bond acceptors (Lipinski definition) is 4. The Hall–Kier alpha value is -3.29. The second kappa shape index (κ2) is 10.6. The van der Waals surface area contributed by atoms with Gasteiger partial charge in [0, 0.05) is 36.8 Å². The zero-order chi connectivity index (χ0) is 24.1. The standard InChI is InChI=1S/C25H32FN3O4/c1-15(2)27-25(31)29-13-18(17-6-8-21(26)16(3)10-17)11-19(14-29)24(30)28-20-7-9-22(32-4)23(12-20)33-5/h6-10,12,15,18-19H,11,13-14H2,1-5H3,(H,27,31)(H,28,30)/t18-,19-/m0/s1. The van der Waals surface area contributed by atoms with Gasteiger partial charge < -0.3 is 25.0 Å². The molecule has 33 heavy (non-hydrogen) atoms. The number of benzene rings is 2. The molecule has 1 aliphatic rings. The molecule has 0 aromatic heterocycles. The number of anilines is 1. The van der Waals surface area contributed by atoms with Gasteiger partial charge in [0.1, 0.15) is 5.82 Å². The van der Waals surface area contributed by atoms with Gasteiger partial charge in [-0.3, -0.25) is 4.79 Å². The highest BCUT2D eigenvalue weighted by Gasteiger charge is 2.35. The Labute approximate surface area is 194 Å². The predicted molar refractivity (Wildman–Crippen MR) is 125 cm³/mol. The molecular weight excluding hydrogens is 425 g/mol. The number of carbonyl (C=O) groups is 2. The van der Waals surface area contributed by atoms with Crippen molar-refractivity contribution < 1.29 is 23.5 Å². The number of urea groups is 1. The summed E-state index contributed by atoms with van der Waals surface area (Å²) < 4.78 is 24.4. The number of hydrogen-bond donors (Lipinski definition) is 2. The second-order valence-corrected chi connectivity index (χ2v) is 8.71. The van der Waals surface area contributed by atoms with Crippen LogP contribution in [0.3, 0.4) is 0 Å². The van der Waals surface area contributed by atoms with Crippen LogP contribution in [0.1, 0.15) is 37.3 Å². The molecule has 8 heteroatoms. The number of rotatable bonds is 6. The van der Waals surface area contributed by atoms with E-state index in [9.17, 15) is 14.0 Å². The number of likely N-dealkylation sites (tertiary alicyclic amines) is 1. The summed E-state index contributed by atoms with van der Waals surface area (Å²) >= 11 is 0. The molecule has 3 amide bonds. The topological polar surface area (TPSA) is 79.9 Å². The fraction of sp³-hybridized carbons (Fsp3) is 0.440. The predicted octanol–water partition coefficient (Wildman–Crippen LogP) is 4.31. The number of ether oxygens (including phenoxy) is 2. The third-order valence-corrected chi connectivity index (χ3v) is 5.83. The van der Waals surface area contributed by atoms with Gasteiger partial charge in [0.25, 0.3) is 0 Å². The Morgan fingerprint density at radius 3 is 2.42 bits per heavy atom. The van der Waals surface area contributed by atoms with Crippen LogP contribution in [0.25, 0.3) is 0 Å². The maximum atomic E-state index is 13.8. The van der Waals surface area contributed by atoms with Crippen molar-refractivity contribution in [2.24, 2.45) is 5.92 Å². The first-order chi connectivity index (χ1) is 15.7. The van der Waals surface area contributed by atoms with Crippen LogP contribution >= 0.6 is 0 Å². The van der Waals surface area contributed by atoms with E-state index in [2.05, 4.69) is 10.6 Å². The Morgan fingerprint density at radius 1 is 1.06 bits per heavy atom. The van der Waals surface area contributed by atoms with E-state index < -0.39 is 5.92 Å². The van der Waals surface area contributed by atoms with E-state index in [0.29, 0.717) is 42.3 Å². The summed E-state index contributed by atoms with van der Waals surface area (Å²) in [6.45, 7) is 6.26. The van der Waals surface area contributed by atoms with Crippen LogP contribution in [0.4, 0.5) is 14.9 Å². The molecule has 178 valence electrons. The molecule has 7 nitrogen and oxygen atoms in total. The maximum absolute atomic E-state index is 13.8. The van der Waals surface area contributed by atoms with Gasteiger partial charge >= 0.3 is 6.03 Å². The summed E-state index contributed by atoms with van der Waals surface area (Å²) in [6, 6.07) is 9.91. The summed E-state index contributed by atoms with van der Waals surface area (Å²) in [7, 11) is 3.08. The summed E-state index contributed by atoms with van der Waals surface area (Å²) in [6.07, 6.45) is 0.551. The van der Waals surface area contributed by atoms with Gasteiger partial charge in [0.05, 0.1) is 20.1 Å². The highest BCUT2D eigenvalue weighted by Crippen LogP contribution is 2.33. The normalized spacial score (nSPS) is 18.1. The van der Waals surface area contributed by atoms with Gasteiger partial charge in [-0.25, -0.2) is 9.18 Å². The molecule has 0 aliphatic carbocycles. The molecular formula is C25H32FN3O4. The molecule has 2 aromatic rings. The van der Waals surface area contributed by atoms with E-state index in [1.165, 1.54) is 13.2 Å². The van der Waals surface area contributed by atoms with Crippen LogP contribution in [-0.2, 0) is 4.79 Å². The number of nitrogens with zero attached hydrogens (tertiary/aromatic N) is 1. The van der Waals surface area contributed by atoms with Crippen LogP contribution in [0.2, 0.25) is 0 Å². The number of aryl methyl sites for hydroxylation is 1. The Bertz CT molecular complexity index is 1010. The fourth-order valence-electron chi connectivity index (χ4n) is 4.11. The first kappa shape index (κ1) is 24.4. The summed E-state index contributed by atoms with van der Waals surface area (Å²) in [5.74, 6) is 0.102. The molecule has 1 saturated heterocycles. The van der Waals surface area contributed by atoms with E-state index in [4.69, 9.17) is 9.47 Å². The van der Waals surface area contributed by atoms with Crippen molar-refractivity contribution >= 4 is 17.6 Å². The molecule has 2 N–H and O–H groups in total. The molecule has 1 fully saturated rings. The van der Waals surface area contributed by atoms with Crippen molar-refractivity contribution in [1.82, 2.24) is 10.2 Å². The Balaban J connectivity index is 1.83. The molecule has 2 atom stereocenters. The van der Waals surface area contributed by atoms with Crippen molar-refractivity contribution in [3.05, 3.63) is 53.3 Å². The van der Waals surface area contributed by atoms with E-state index in [1.807, 2.05) is 13.8 Å². The molecule has 1 aliphatic heterocycles. The second-order valence-electron chi connectivity index (χ2n) is 8.71. The van der Waals surface area contributed by atoms with Crippen LogP contribution in [0.5, 0.6) is 11.5 Å². The SMILES string of the molecule is COc1ccc(NC(=O)[C@H]2C[C@H](c3ccc(F)c(C)c3)CN(C(=O)NC(C)C)C2)cc1OC. The van der Waals surface area contributed by atoms with Crippen LogP contribution in [0.15, 0.2) is 36.4 Å². The highest BCUT2D eigenvalue weighted by molar-refractivity contribution is 5.93. The first-order valence-electron chi connectivity index (χ1n) is 11.1. The van der Waals surface area contributed by atoms with Crippen LogP contribution < -0.4 is 20.1 Å². The van der Waals surface area contributed by atoms with Crippen molar-refractivity contribution in [2.45, 2.75) is 39.2 Å². The number of halogens is 1. The molecule has 0 radical (unpaired) electrons. The quantitative estimate of drug-likeness (QED) is 0.677. The Kier molecular flexibility index (Phi) is 7.79. The van der Waals surface area contributed by atoms with E-state index in [-0.39, 0.29) is 29.7 Å². The number of piperidine rings is 1.